The minimum atomic E-state index is 0.302. The Balaban J connectivity index is 2.12. The molecule has 1 saturated heterocycles. The van der Waals surface area contributed by atoms with Crippen LogP contribution in [0.2, 0.25) is 0 Å². The summed E-state index contributed by atoms with van der Waals surface area (Å²) < 4.78 is 4.30. The van der Waals surface area contributed by atoms with Crippen LogP contribution >= 0.6 is 23.3 Å². The van der Waals surface area contributed by atoms with Crippen molar-refractivity contribution in [3.8, 4) is 0 Å². The first-order valence-electron chi connectivity index (χ1n) is 4.78. The van der Waals surface area contributed by atoms with Gasteiger partial charge in [-0.2, -0.15) is 16.1 Å². The van der Waals surface area contributed by atoms with E-state index in [1.54, 1.807) is 11.5 Å². The molecular formula is C9H15N3S2. The van der Waals surface area contributed by atoms with E-state index in [-0.39, 0.29) is 0 Å². The van der Waals surface area contributed by atoms with Crippen LogP contribution in [0.5, 0.6) is 0 Å². The SMILES string of the molecule is Cc1cc(C(NN)C2CCSC2)sn1. The molecule has 2 heterocycles. The van der Waals surface area contributed by atoms with Crippen molar-refractivity contribution in [1.82, 2.24) is 9.80 Å². The summed E-state index contributed by atoms with van der Waals surface area (Å²) in [6.07, 6.45) is 1.26. The first-order valence-corrected chi connectivity index (χ1v) is 6.71. The van der Waals surface area contributed by atoms with Gasteiger partial charge >= 0.3 is 0 Å². The number of rotatable bonds is 3. The third-order valence-corrected chi connectivity index (χ3v) is 4.72. The van der Waals surface area contributed by atoms with Crippen molar-refractivity contribution >= 4 is 23.3 Å². The first-order chi connectivity index (χ1) is 6.81. The Bertz CT molecular complexity index is 294. The molecule has 0 aliphatic carbocycles. The number of nitrogens with zero attached hydrogens (tertiary/aromatic N) is 1. The molecule has 0 radical (unpaired) electrons. The van der Waals surface area contributed by atoms with E-state index in [4.69, 9.17) is 5.84 Å². The van der Waals surface area contributed by atoms with Gasteiger partial charge in [-0.15, -0.1) is 0 Å². The number of hydrazine groups is 1. The zero-order valence-corrected chi connectivity index (χ0v) is 9.83. The van der Waals surface area contributed by atoms with Gasteiger partial charge in [-0.05, 0) is 48.4 Å². The van der Waals surface area contributed by atoms with Gasteiger partial charge in [-0.25, -0.2) is 0 Å². The fourth-order valence-corrected chi connectivity index (χ4v) is 3.99. The van der Waals surface area contributed by atoms with Gasteiger partial charge in [0.25, 0.3) is 0 Å². The second-order valence-corrected chi connectivity index (χ2v) is 5.63. The quantitative estimate of drug-likeness (QED) is 0.612. The molecule has 0 amide bonds. The third-order valence-electron chi connectivity index (χ3n) is 2.57. The molecule has 14 heavy (non-hydrogen) atoms. The van der Waals surface area contributed by atoms with Gasteiger partial charge in [0.05, 0.1) is 11.7 Å². The van der Waals surface area contributed by atoms with Crippen LogP contribution in [-0.2, 0) is 0 Å². The Morgan fingerprint density at radius 1 is 1.71 bits per heavy atom. The normalized spacial score (nSPS) is 24.0. The van der Waals surface area contributed by atoms with Gasteiger partial charge in [0.15, 0.2) is 0 Å². The number of aryl methyl sites for hydroxylation is 1. The van der Waals surface area contributed by atoms with E-state index in [0.717, 1.165) is 5.69 Å². The number of nitrogens with two attached hydrogens (primary N) is 1. The maximum absolute atomic E-state index is 5.61. The summed E-state index contributed by atoms with van der Waals surface area (Å²) >= 11 is 3.58. The van der Waals surface area contributed by atoms with Crippen LogP contribution in [0.25, 0.3) is 0 Å². The topological polar surface area (TPSA) is 50.9 Å². The predicted octanol–water partition coefficient (Wildman–Crippen LogP) is 1.71. The largest absolute Gasteiger partial charge is 0.271 e. The molecule has 0 saturated carbocycles. The molecule has 2 atom stereocenters. The summed E-state index contributed by atoms with van der Waals surface area (Å²) in [6.45, 7) is 2.02. The maximum Gasteiger partial charge on any atom is 0.0605 e. The Labute approximate surface area is 92.6 Å². The second kappa shape index (κ2) is 4.61. The highest BCUT2D eigenvalue weighted by Crippen LogP contribution is 2.35. The van der Waals surface area contributed by atoms with E-state index < -0.39 is 0 Å². The molecule has 1 aromatic heterocycles. The lowest BCUT2D eigenvalue weighted by Gasteiger charge is -2.19. The van der Waals surface area contributed by atoms with Crippen LogP contribution in [0.3, 0.4) is 0 Å². The van der Waals surface area contributed by atoms with E-state index in [1.807, 2.05) is 18.7 Å². The number of thioether (sulfide) groups is 1. The molecule has 1 aliphatic heterocycles. The van der Waals surface area contributed by atoms with E-state index in [1.165, 1.54) is 22.8 Å². The van der Waals surface area contributed by atoms with Gasteiger partial charge in [0.1, 0.15) is 0 Å². The average molecular weight is 229 g/mol. The molecular weight excluding hydrogens is 214 g/mol. The Morgan fingerprint density at radius 3 is 3.07 bits per heavy atom. The van der Waals surface area contributed by atoms with Crippen LogP contribution in [0.4, 0.5) is 0 Å². The minimum absolute atomic E-state index is 0.302. The van der Waals surface area contributed by atoms with Crippen LogP contribution in [0.1, 0.15) is 23.0 Å². The molecule has 0 bridgehead atoms. The molecule has 5 heteroatoms. The van der Waals surface area contributed by atoms with Gasteiger partial charge in [0, 0.05) is 4.88 Å². The van der Waals surface area contributed by atoms with Gasteiger partial charge < -0.3 is 0 Å². The van der Waals surface area contributed by atoms with Crippen molar-refractivity contribution in [2.45, 2.75) is 19.4 Å². The van der Waals surface area contributed by atoms with E-state index in [0.29, 0.717) is 12.0 Å². The summed E-state index contributed by atoms with van der Waals surface area (Å²) in [7, 11) is 0. The first kappa shape index (κ1) is 10.4. The molecule has 0 spiro atoms. The molecule has 2 rings (SSSR count). The summed E-state index contributed by atoms with van der Waals surface area (Å²) in [4.78, 5) is 1.28. The highest BCUT2D eigenvalue weighted by Gasteiger charge is 2.27. The van der Waals surface area contributed by atoms with Gasteiger partial charge in [-0.1, -0.05) is 0 Å². The molecule has 2 unspecified atom stereocenters. The Hall–Kier alpha value is -0.100. The van der Waals surface area contributed by atoms with Crippen molar-refractivity contribution in [3.05, 3.63) is 16.6 Å². The van der Waals surface area contributed by atoms with Crippen molar-refractivity contribution in [2.24, 2.45) is 11.8 Å². The Morgan fingerprint density at radius 2 is 2.57 bits per heavy atom. The monoisotopic (exact) mass is 229 g/mol. The second-order valence-electron chi connectivity index (χ2n) is 3.64. The van der Waals surface area contributed by atoms with Crippen LogP contribution < -0.4 is 11.3 Å². The van der Waals surface area contributed by atoms with Crippen molar-refractivity contribution in [2.75, 3.05) is 11.5 Å². The van der Waals surface area contributed by atoms with E-state index in [2.05, 4.69) is 15.9 Å². The lowest BCUT2D eigenvalue weighted by Crippen LogP contribution is -2.33. The van der Waals surface area contributed by atoms with Gasteiger partial charge in [-0.3, -0.25) is 11.3 Å². The van der Waals surface area contributed by atoms with Crippen molar-refractivity contribution in [1.29, 1.82) is 0 Å². The van der Waals surface area contributed by atoms with E-state index >= 15 is 0 Å². The molecule has 1 aromatic rings. The smallest absolute Gasteiger partial charge is 0.0605 e. The molecule has 0 aromatic carbocycles. The summed E-state index contributed by atoms with van der Waals surface area (Å²) in [5.74, 6) is 8.76. The summed E-state index contributed by atoms with van der Waals surface area (Å²) in [5.41, 5.74) is 4.02. The summed E-state index contributed by atoms with van der Waals surface area (Å²) in [6, 6.07) is 2.44. The molecule has 78 valence electrons. The number of aromatic nitrogens is 1. The fraction of sp³-hybridized carbons (Fsp3) is 0.667. The number of nitrogens with one attached hydrogen (secondary N) is 1. The lowest BCUT2D eigenvalue weighted by molar-refractivity contribution is 0.406. The molecule has 3 N–H and O–H groups in total. The molecule has 3 nitrogen and oxygen atoms in total. The summed E-state index contributed by atoms with van der Waals surface area (Å²) in [5, 5.41) is 0. The zero-order chi connectivity index (χ0) is 9.97. The van der Waals surface area contributed by atoms with Crippen LogP contribution in [0, 0.1) is 12.8 Å². The lowest BCUT2D eigenvalue weighted by atomic mass is 9.98. The zero-order valence-electron chi connectivity index (χ0n) is 8.19. The van der Waals surface area contributed by atoms with Gasteiger partial charge in [0.2, 0.25) is 0 Å². The average Bonchev–Trinajstić information content (AvgIpc) is 2.79. The third kappa shape index (κ3) is 2.11. The van der Waals surface area contributed by atoms with E-state index in [9.17, 15) is 0 Å². The highest BCUT2D eigenvalue weighted by molar-refractivity contribution is 7.99. The maximum atomic E-state index is 5.61. The van der Waals surface area contributed by atoms with Crippen molar-refractivity contribution < 1.29 is 0 Å². The standard InChI is InChI=1S/C9H15N3S2/c1-6-4-8(14-12-6)9(11-10)7-2-3-13-5-7/h4,7,9,11H,2-3,5,10H2,1H3. The highest BCUT2D eigenvalue weighted by atomic mass is 32.2. The minimum Gasteiger partial charge on any atom is -0.271 e. The number of hydrogen-bond donors (Lipinski definition) is 2. The predicted molar refractivity (Wildman–Crippen MR) is 62.3 cm³/mol. The molecule has 1 aliphatic rings. The molecule has 1 fully saturated rings. The van der Waals surface area contributed by atoms with Crippen molar-refractivity contribution in [3.63, 3.8) is 0 Å². The Kier molecular flexibility index (Phi) is 3.43. The van der Waals surface area contributed by atoms with Crippen LogP contribution in [0.15, 0.2) is 6.07 Å². The fourth-order valence-electron chi connectivity index (χ4n) is 1.80. The number of hydrogen-bond acceptors (Lipinski definition) is 5. The van der Waals surface area contributed by atoms with Crippen LogP contribution in [-0.4, -0.2) is 15.9 Å².